The standard InChI is InChI=1S/C12H10BrNO3/c13-9-3-1-2-4-10(9)14-7-11-8(12(15)16)5-6-17-11/h1-6,14H,7H2,(H,15,16). The minimum Gasteiger partial charge on any atom is -0.478 e. The average molecular weight is 296 g/mol. The second-order valence-electron chi connectivity index (χ2n) is 3.40. The van der Waals surface area contributed by atoms with Crippen molar-refractivity contribution >= 4 is 27.6 Å². The lowest BCUT2D eigenvalue weighted by Gasteiger charge is -2.06. The Morgan fingerprint density at radius 2 is 2.12 bits per heavy atom. The summed E-state index contributed by atoms with van der Waals surface area (Å²) in [5, 5.41) is 12.0. The summed E-state index contributed by atoms with van der Waals surface area (Å²) in [6, 6.07) is 9.05. The van der Waals surface area contributed by atoms with Crippen molar-refractivity contribution in [2.24, 2.45) is 0 Å². The first kappa shape index (κ1) is 11.7. The largest absolute Gasteiger partial charge is 0.478 e. The van der Waals surface area contributed by atoms with E-state index in [4.69, 9.17) is 9.52 Å². The van der Waals surface area contributed by atoms with E-state index in [0.29, 0.717) is 12.3 Å². The number of para-hydroxylation sites is 1. The van der Waals surface area contributed by atoms with Gasteiger partial charge in [-0.25, -0.2) is 4.79 Å². The van der Waals surface area contributed by atoms with Crippen molar-refractivity contribution in [1.82, 2.24) is 0 Å². The van der Waals surface area contributed by atoms with Crippen molar-refractivity contribution in [3.63, 3.8) is 0 Å². The maximum Gasteiger partial charge on any atom is 0.339 e. The number of aromatic carboxylic acids is 1. The Kier molecular flexibility index (Phi) is 3.49. The quantitative estimate of drug-likeness (QED) is 0.908. The number of anilines is 1. The summed E-state index contributed by atoms with van der Waals surface area (Å²) in [7, 11) is 0. The van der Waals surface area contributed by atoms with Gasteiger partial charge in [0.1, 0.15) is 11.3 Å². The van der Waals surface area contributed by atoms with Gasteiger partial charge < -0.3 is 14.8 Å². The van der Waals surface area contributed by atoms with E-state index in [1.807, 2.05) is 24.3 Å². The molecule has 2 aromatic rings. The molecule has 0 spiro atoms. The zero-order valence-electron chi connectivity index (χ0n) is 8.81. The number of furan rings is 1. The molecular formula is C12H10BrNO3. The number of carbonyl (C=O) groups is 1. The van der Waals surface area contributed by atoms with E-state index >= 15 is 0 Å². The van der Waals surface area contributed by atoms with Crippen molar-refractivity contribution in [3.05, 3.63) is 52.4 Å². The molecule has 17 heavy (non-hydrogen) atoms. The average Bonchev–Trinajstić information content (AvgIpc) is 2.76. The van der Waals surface area contributed by atoms with Crippen LogP contribution in [0.3, 0.4) is 0 Å². The molecule has 4 nitrogen and oxygen atoms in total. The maximum absolute atomic E-state index is 10.9. The van der Waals surface area contributed by atoms with E-state index < -0.39 is 5.97 Å². The third-order valence-corrected chi connectivity index (χ3v) is 2.98. The Morgan fingerprint density at radius 3 is 2.82 bits per heavy atom. The van der Waals surface area contributed by atoms with Gasteiger partial charge in [-0.3, -0.25) is 0 Å². The number of nitrogens with one attached hydrogen (secondary N) is 1. The van der Waals surface area contributed by atoms with Crippen LogP contribution in [0, 0.1) is 0 Å². The van der Waals surface area contributed by atoms with Gasteiger partial charge in [0.05, 0.1) is 12.8 Å². The number of benzene rings is 1. The van der Waals surface area contributed by atoms with Crippen molar-refractivity contribution in [3.8, 4) is 0 Å². The molecule has 0 fully saturated rings. The van der Waals surface area contributed by atoms with Gasteiger partial charge in [-0.2, -0.15) is 0 Å². The van der Waals surface area contributed by atoms with Crippen LogP contribution in [0.4, 0.5) is 5.69 Å². The minimum absolute atomic E-state index is 0.185. The van der Waals surface area contributed by atoms with Gasteiger partial charge in [0.25, 0.3) is 0 Å². The van der Waals surface area contributed by atoms with Crippen LogP contribution in [0.5, 0.6) is 0 Å². The molecule has 0 saturated heterocycles. The number of carboxylic acid groups (broad SMARTS) is 1. The highest BCUT2D eigenvalue weighted by molar-refractivity contribution is 9.10. The second kappa shape index (κ2) is 5.05. The van der Waals surface area contributed by atoms with Crippen molar-refractivity contribution in [1.29, 1.82) is 0 Å². The molecule has 0 radical (unpaired) electrons. The predicted molar refractivity (Wildman–Crippen MR) is 67.1 cm³/mol. The summed E-state index contributed by atoms with van der Waals surface area (Å²) in [5.74, 6) is -0.573. The summed E-state index contributed by atoms with van der Waals surface area (Å²) >= 11 is 3.40. The molecule has 0 aliphatic rings. The Bertz CT molecular complexity index is 536. The number of rotatable bonds is 4. The van der Waals surface area contributed by atoms with E-state index in [1.165, 1.54) is 12.3 Å². The van der Waals surface area contributed by atoms with E-state index in [0.717, 1.165) is 10.2 Å². The lowest BCUT2D eigenvalue weighted by atomic mass is 10.2. The highest BCUT2D eigenvalue weighted by atomic mass is 79.9. The van der Waals surface area contributed by atoms with Gasteiger partial charge in [-0.1, -0.05) is 12.1 Å². The topological polar surface area (TPSA) is 62.5 Å². The summed E-state index contributed by atoms with van der Waals surface area (Å²) in [6.07, 6.45) is 1.38. The highest BCUT2D eigenvalue weighted by Crippen LogP contribution is 2.22. The molecule has 1 aromatic carbocycles. The third-order valence-electron chi connectivity index (χ3n) is 2.29. The Labute approximate surface area is 106 Å². The van der Waals surface area contributed by atoms with Crippen LogP contribution in [0.1, 0.15) is 16.1 Å². The molecule has 0 amide bonds. The van der Waals surface area contributed by atoms with E-state index in [9.17, 15) is 4.79 Å². The molecule has 0 saturated carbocycles. The summed E-state index contributed by atoms with van der Waals surface area (Å²) < 4.78 is 6.05. The van der Waals surface area contributed by atoms with Crippen molar-refractivity contribution < 1.29 is 14.3 Å². The van der Waals surface area contributed by atoms with Crippen LogP contribution >= 0.6 is 15.9 Å². The lowest BCUT2D eigenvalue weighted by Crippen LogP contribution is -2.04. The first-order valence-corrected chi connectivity index (χ1v) is 5.76. The molecule has 0 aliphatic carbocycles. The fourth-order valence-electron chi connectivity index (χ4n) is 1.45. The van der Waals surface area contributed by atoms with Crippen LogP contribution in [0.25, 0.3) is 0 Å². The summed E-state index contributed by atoms with van der Waals surface area (Å²) in [4.78, 5) is 10.9. The fourth-order valence-corrected chi connectivity index (χ4v) is 1.87. The molecule has 2 N–H and O–H groups in total. The molecule has 2 rings (SSSR count). The highest BCUT2D eigenvalue weighted by Gasteiger charge is 2.12. The summed E-state index contributed by atoms with van der Waals surface area (Å²) in [6.45, 7) is 0.331. The van der Waals surface area contributed by atoms with Gasteiger partial charge in [0, 0.05) is 10.2 Å². The smallest absolute Gasteiger partial charge is 0.339 e. The van der Waals surface area contributed by atoms with Crippen LogP contribution < -0.4 is 5.32 Å². The lowest BCUT2D eigenvalue weighted by molar-refractivity contribution is 0.0694. The molecule has 1 heterocycles. The van der Waals surface area contributed by atoms with Gasteiger partial charge >= 0.3 is 5.97 Å². The Balaban J connectivity index is 2.10. The molecular weight excluding hydrogens is 286 g/mol. The van der Waals surface area contributed by atoms with Gasteiger partial charge in [-0.15, -0.1) is 0 Å². The molecule has 88 valence electrons. The van der Waals surface area contributed by atoms with Gasteiger partial charge in [-0.05, 0) is 34.1 Å². The maximum atomic E-state index is 10.9. The van der Waals surface area contributed by atoms with E-state index in [-0.39, 0.29) is 5.56 Å². The number of halogens is 1. The zero-order valence-corrected chi connectivity index (χ0v) is 10.4. The molecule has 0 aliphatic heterocycles. The fraction of sp³-hybridized carbons (Fsp3) is 0.0833. The Morgan fingerprint density at radius 1 is 1.35 bits per heavy atom. The van der Waals surface area contributed by atoms with Crippen LogP contribution in [0.15, 0.2) is 45.5 Å². The number of carboxylic acids is 1. The van der Waals surface area contributed by atoms with Gasteiger partial charge in [0.15, 0.2) is 0 Å². The summed E-state index contributed by atoms with van der Waals surface area (Å²) in [5.41, 5.74) is 1.07. The van der Waals surface area contributed by atoms with E-state index in [1.54, 1.807) is 0 Å². The van der Waals surface area contributed by atoms with Crippen LogP contribution in [-0.2, 0) is 6.54 Å². The molecule has 5 heteroatoms. The van der Waals surface area contributed by atoms with Crippen LogP contribution in [-0.4, -0.2) is 11.1 Å². The second-order valence-corrected chi connectivity index (χ2v) is 4.25. The molecule has 0 atom stereocenters. The van der Waals surface area contributed by atoms with Crippen LogP contribution in [0.2, 0.25) is 0 Å². The van der Waals surface area contributed by atoms with E-state index in [2.05, 4.69) is 21.2 Å². The van der Waals surface area contributed by atoms with Crippen molar-refractivity contribution in [2.45, 2.75) is 6.54 Å². The monoisotopic (exact) mass is 295 g/mol. The molecule has 0 unspecified atom stereocenters. The normalized spacial score (nSPS) is 10.2. The molecule has 1 aromatic heterocycles. The minimum atomic E-state index is -0.984. The Hall–Kier alpha value is -1.75. The first-order chi connectivity index (χ1) is 8.18. The predicted octanol–water partition coefficient (Wildman–Crippen LogP) is 3.35. The number of hydrogen-bond acceptors (Lipinski definition) is 3. The molecule has 0 bridgehead atoms. The SMILES string of the molecule is O=C(O)c1ccoc1CNc1ccccc1Br. The van der Waals surface area contributed by atoms with Crippen molar-refractivity contribution in [2.75, 3.05) is 5.32 Å². The third kappa shape index (κ3) is 2.68. The zero-order chi connectivity index (χ0) is 12.3. The number of hydrogen-bond donors (Lipinski definition) is 2. The van der Waals surface area contributed by atoms with Gasteiger partial charge in [0.2, 0.25) is 0 Å². The first-order valence-electron chi connectivity index (χ1n) is 4.96.